The van der Waals surface area contributed by atoms with Crippen LogP contribution in [0, 0.1) is 12.8 Å². The molecule has 0 aliphatic heterocycles. The third-order valence-electron chi connectivity index (χ3n) is 4.77. The minimum absolute atomic E-state index is 0.162. The van der Waals surface area contributed by atoms with E-state index in [1.54, 1.807) is 16.9 Å². The molecule has 1 saturated carbocycles. The number of amides is 1. The Hall–Kier alpha value is -2.64. The molecule has 2 aromatic heterocycles. The molecule has 2 heterocycles. The predicted molar refractivity (Wildman–Crippen MR) is 92.7 cm³/mol. The highest BCUT2D eigenvalue weighted by Gasteiger charge is 2.30. The lowest BCUT2D eigenvalue weighted by Gasteiger charge is -2.26. The third-order valence-corrected chi connectivity index (χ3v) is 4.77. The Kier molecular flexibility index (Phi) is 5.70. The van der Waals surface area contributed by atoms with Gasteiger partial charge in [-0.05, 0) is 25.3 Å². The van der Waals surface area contributed by atoms with Crippen LogP contribution in [-0.2, 0) is 11.3 Å². The summed E-state index contributed by atoms with van der Waals surface area (Å²) in [5.41, 5.74) is 1.20. The molecule has 2 N–H and O–H groups in total. The Morgan fingerprint density at radius 2 is 2.08 bits per heavy atom. The maximum atomic E-state index is 12.5. The fourth-order valence-corrected chi connectivity index (χ4v) is 3.40. The van der Waals surface area contributed by atoms with Gasteiger partial charge in [0.2, 0.25) is 0 Å². The van der Waals surface area contributed by atoms with Crippen molar-refractivity contribution in [2.24, 2.45) is 5.92 Å². The molecule has 2 atom stereocenters. The van der Waals surface area contributed by atoms with Gasteiger partial charge < -0.3 is 14.9 Å². The van der Waals surface area contributed by atoms with Crippen molar-refractivity contribution < 1.29 is 19.2 Å². The van der Waals surface area contributed by atoms with Gasteiger partial charge >= 0.3 is 5.97 Å². The molecule has 0 radical (unpaired) electrons. The summed E-state index contributed by atoms with van der Waals surface area (Å²) in [6.07, 6.45) is 8.76. The van der Waals surface area contributed by atoms with E-state index in [9.17, 15) is 14.7 Å². The van der Waals surface area contributed by atoms with Gasteiger partial charge in [0.15, 0.2) is 11.5 Å². The number of nitrogens with zero attached hydrogens (tertiary/aromatic N) is 3. The zero-order valence-corrected chi connectivity index (χ0v) is 14.9. The van der Waals surface area contributed by atoms with Crippen molar-refractivity contribution in [3.63, 3.8) is 0 Å². The summed E-state index contributed by atoms with van der Waals surface area (Å²) < 4.78 is 6.92. The first-order chi connectivity index (χ1) is 12.5. The van der Waals surface area contributed by atoms with Crippen molar-refractivity contribution in [2.45, 2.75) is 58.0 Å². The number of hydrogen-bond acceptors (Lipinski definition) is 5. The van der Waals surface area contributed by atoms with E-state index in [0.717, 1.165) is 31.2 Å². The molecular formula is C18H24N4O4. The highest BCUT2D eigenvalue weighted by molar-refractivity contribution is 5.92. The number of rotatable bonds is 5. The van der Waals surface area contributed by atoms with Gasteiger partial charge in [-0.15, -0.1) is 0 Å². The van der Waals surface area contributed by atoms with Gasteiger partial charge in [0, 0.05) is 18.3 Å². The number of carboxylic acid groups (broad SMARTS) is 1. The van der Waals surface area contributed by atoms with Gasteiger partial charge in [-0.1, -0.05) is 30.8 Å². The van der Waals surface area contributed by atoms with Crippen molar-refractivity contribution in [3.05, 3.63) is 35.5 Å². The van der Waals surface area contributed by atoms with Gasteiger partial charge in [0.25, 0.3) is 5.91 Å². The molecule has 0 bridgehead atoms. The minimum Gasteiger partial charge on any atom is -0.481 e. The minimum atomic E-state index is -0.855. The number of aromatic nitrogens is 3. The van der Waals surface area contributed by atoms with Crippen LogP contribution in [0.4, 0.5) is 0 Å². The maximum Gasteiger partial charge on any atom is 0.308 e. The van der Waals surface area contributed by atoms with Crippen LogP contribution < -0.4 is 5.32 Å². The average Bonchev–Trinajstić information content (AvgIpc) is 3.19. The van der Waals surface area contributed by atoms with Crippen LogP contribution in [-0.4, -0.2) is 38.0 Å². The Bertz CT molecular complexity index is 767. The second-order valence-electron chi connectivity index (χ2n) is 6.91. The van der Waals surface area contributed by atoms with E-state index in [1.807, 2.05) is 13.1 Å². The molecule has 26 heavy (non-hydrogen) atoms. The molecular weight excluding hydrogens is 336 g/mol. The van der Waals surface area contributed by atoms with E-state index in [0.29, 0.717) is 25.1 Å². The van der Waals surface area contributed by atoms with E-state index in [1.165, 1.54) is 0 Å². The van der Waals surface area contributed by atoms with Crippen LogP contribution >= 0.6 is 0 Å². The number of carbonyl (C=O) groups is 2. The molecule has 1 amide bonds. The summed E-state index contributed by atoms with van der Waals surface area (Å²) in [5, 5.41) is 20.3. The number of nitrogens with one attached hydrogen (secondary N) is 1. The lowest BCUT2D eigenvalue weighted by Crippen LogP contribution is -2.44. The molecule has 0 aromatic carbocycles. The van der Waals surface area contributed by atoms with Crippen molar-refractivity contribution in [1.29, 1.82) is 0 Å². The Morgan fingerprint density at radius 1 is 1.31 bits per heavy atom. The number of hydrogen-bond donors (Lipinski definition) is 2. The largest absolute Gasteiger partial charge is 0.481 e. The predicted octanol–water partition coefficient (Wildman–Crippen LogP) is 2.38. The first kappa shape index (κ1) is 18.2. The lowest BCUT2D eigenvalue weighted by molar-refractivity contribution is -0.143. The standard InChI is InChI=1S/C18H24N4O4/c1-12-9-19-22(10-12)11-13-8-16(21-26-13)17(23)20-15-7-5-3-2-4-6-14(15)18(24)25/h8-10,14-15H,2-7,11H2,1H3,(H,20,23)(H,24,25). The molecule has 140 valence electrons. The quantitative estimate of drug-likeness (QED) is 0.847. The van der Waals surface area contributed by atoms with E-state index in [4.69, 9.17) is 4.52 Å². The average molecular weight is 360 g/mol. The Morgan fingerprint density at radius 3 is 2.77 bits per heavy atom. The van der Waals surface area contributed by atoms with Crippen molar-refractivity contribution in [1.82, 2.24) is 20.3 Å². The second-order valence-corrected chi connectivity index (χ2v) is 6.91. The van der Waals surface area contributed by atoms with Gasteiger partial charge in [-0.25, -0.2) is 0 Å². The van der Waals surface area contributed by atoms with Crippen LogP contribution in [0.25, 0.3) is 0 Å². The molecule has 0 saturated heterocycles. The van der Waals surface area contributed by atoms with Crippen LogP contribution in [0.15, 0.2) is 23.0 Å². The molecule has 3 rings (SSSR count). The van der Waals surface area contributed by atoms with E-state index < -0.39 is 17.8 Å². The highest BCUT2D eigenvalue weighted by Crippen LogP contribution is 2.23. The molecule has 0 spiro atoms. The lowest BCUT2D eigenvalue weighted by atomic mass is 9.86. The highest BCUT2D eigenvalue weighted by atomic mass is 16.5. The zero-order chi connectivity index (χ0) is 18.5. The fourth-order valence-electron chi connectivity index (χ4n) is 3.40. The van der Waals surface area contributed by atoms with Crippen LogP contribution in [0.2, 0.25) is 0 Å². The Labute approximate surface area is 151 Å². The summed E-state index contributed by atoms with van der Waals surface area (Å²) in [4.78, 5) is 24.1. The monoisotopic (exact) mass is 360 g/mol. The zero-order valence-electron chi connectivity index (χ0n) is 14.9. The topological polar surface area (TPSA) is 110 Å². The van der Waals surface area contributed by atoms with E-state index in [-0.39, 0.29) is 11.7 Å². The summed E-state index contributed by atoms with van der Waals surface area (Å²) in [7, 11) is 0. The van der Waals surface area contributed by atoms with Crippen LogP contribution in [0.3, 0.4) is 0 Å². The number of carboxylic acids is 1. The third kappa shape index (κ3) is 4.50. The van der Waals surface area contributed by atoms with Gasteiger partial charge in [0.05, 0.1) is 12.1 Å². The summed E-state index contributed by atoms with van der Waals surface area (Å²) >= 11 is 0. The normalized spacial score (nSPS) is 21.0. The van der Waals surface area contributed by atoms with Crippen molar-refractivity contribution >= 4 is 11.9 Å². The molecule has 2 aromatic rings. The van der Waals surface area contributed by atoms with Gasteiger partial charge in [-0.3, -0.25) is 14.3 Å². The van der Waals surface area contributed by atoms with E-state index in [2.05, 4.69) is 15.6 Å². The number of carbonyl (C=O) groups excluding carboxylic acids is 1. The molecule has 1 aliphatic rings. The van der Waals surface area contributed by atoms with Gasteiger partial charge in [-0.2, -0.15) is 5.10 Å². The fraction of sp³-hybridized carbons (Fsp3) is 0.556. The summed E-state index contributed by atoms with van der Waals surface area (Å²) in [5.74, 6) is -1.29. The molecule has 2 unspecified atom stereocenters. The Balaban J connectivity index is 1.65. The molecule has 1 fully saturated rings. The first-order valence-electron chi connectivity index (χ1n) is 9.01. The van der Waals surface area contributed by atoms with Crippen molar-refractivity contribution in [2.75, 3.05) is 0 Å². The van der Waals surface area contributed by atoms with Crippen LogP contribution in [0.1, 0.15) is 60.3 Å². The van der Waals surface area contributed by atoms with E-state index >= 15 is 0 Å². The smallest absolute Gasteiger partial charge is 0.308 e. The summed E-state index contributed by atoms with van der Waals surface area (Å²) in [6.45, 7) is 2.33. The second kappa shape index (κ2) is 8.16. The van der Waals surface area contributed by atoms with Crippen LogP contribution in [0.5, 0.6) is 0 Å². The molecule has 1 aliphatic carbocycles. The number of aryl methyl sites for hydroxylation is 1. The maximum absolute atomic E-state index is 12.5. The molecule has 8 nitrogen and oxygen atoms in total. The van der Waals surface area contributed by atoms with Gasteiger partial charge in [0.1, 0.15) is 6.54 Å². The van der Waals surface area contributed by atoms with Crippen molar-refractivity contribution in [3.8, 4) is 0 Å². The SMILES string of the molecule is Cc1cnn(Cc2cc(C(=O)NC3CCCCCCC3C(=O)O)no2)c1. The first-order valence-corrected chi connectivity index (χ1v) is 9.01. The summed E-state index contributed by atoms with van der Waals surface area (Å²) in [6, 6.07) is 1.19. The number of aliphatic carboxylic acids is 1. The molecule has 8 heteroatoms.